The second-order valence-corrected chi connectivity index (χ2v) is 9.11. The zero-order valence-corrected chi connectivity index (χ0v) is 18.2. The van der Waals surface area contributed by atoms with Crippen molar-refractivity contribution in [3.63, 3.8) is 0 Å². The fourth-order valence-electron chi connectivity index (χ4n) is 3.13. The minimum Gasteiger partial charge on any atom is -0.496 e. The highest BCUT2D eigenvalue weighted by Gasteiger charge is 2.47. The molecule has 1 aromatic carbocycles. The summed E-state index contributed by atoms with van der Waals surface area (Å²) < 4.78 is 11.8. The summed E-state index contributed by atoms with van der Waals surface area (Å²) in [5.41, 5.74) is 3.26. The molecule has 8 heteroatoms. The summed E-state index contributed by atoms with van der Waals surface area (Å²) in [5, 5.41) is 8.32. The number of ketones is 1. The van der Waals surface area contributed by atoms with Gasteiger partial charge in [-0.05, 0) is 50.5 Å². The van der Waals surface area contributed by atoms with Crippen LogP contribution < -0.4 is 4.74 Å². The molecule has 0 bridgehead atoms. The van der Waals surface area contributed by atoms with Crippen LogP contribution in [-0.2, 0) is 4.32 Å². The Kier molecular flexibility index (Phi) is 4.50. The second kappa shape index (κ2) is 6.60. The molecule has 1 aliphatic rings. The van der Waals surface area contributed by atoms with E-state index in [2.05, 4.69) is 47.0 Å². The van der Waals surface area contributed by atoms with E-state index in [1.165, 1.54) is 0 Å². The molecule has 0 unspecified atom stereocenters. The summed E-state index contributed by atoms with van der Waals surface area (Å²) in [6, 6.07) is 5.37. The number of methoxy groups -OCH3 is 1. The number of nitrogens with one attached hydrogen (secondary N) is 1. The average Bonchev–Trinajstić information content (AvgIpc) is 3.08. The van der Waals surface area contributed by atoms with Crippen molar-refractivity contribution in [1.29, 1.82) is 0 Å². The summed E-state index contributed by atoms with van der Waals surface area (Å²) in [5.74, 6) is 1.37. The number of benzene rings is 1. The molecule has 2 heterocycles. The van der Waals surface area contributed by atoms with Gasteiger partial charge in [0.25, 0.3) is 5.89 Å². The van der Waals surface area contributed by atoms with Crippen LogP contribution in [0.5, 0.6) is 5.75 Å². The molecule has 3 aromatic rings. The average molecular weight is 495 g/mol. The van der Waals surface area contributed by atoms with E-state index in [0.717, 1.165) is 28.6 Å². The smallest absolute Gasteiger partial charge is 0.264 e. The predicted octanol–water partition coefficient (Wildman–Crippen LogP) is 5.07. The lowest BCUT2D eigenvalue weighted by Crippen LogP contribution is -2.06. The third-order valence-electron chi connectivity index (χ3n) is 4.78. The molecule has 6 nitrogen and oxygen atoms in total. The van der Waals surface area contributed by atoms with Crippen molar-refractivity contribution >= 4 is 37.6 Å². The highest BCUT2D eigenvalue weighted by Crippen LogP contribution is 2.53. The van der Waals surface area contributed by atoms with E-state index in [-0.39, 0.29) is 10.1 Å². The first-order valence-electron chi connectivity index (χ1n) is 8.45. The van der Waals surface area contributed by atoms with Crippen molar-refractivity contribution in [3.8, 4) is 17.3 Å². The molecule has 1 aliphatic carbocycles. The number of hydrogen-bond donors (Lipinski definition) is 1. The van der Waals surface area contributed by atoms with Crippen LogP contribution in [0.2, 0.25) is 0 Å². The number of aromatic nitrogens is 3. The minimum atomic E-state index is -0.184. The number of halogens is 2. The summed E-state index contributed by atoms with van der Waals surface area (Å²) in [7, 11) is 1.55. The summed E-state index contributed by atoms with van der Waals surface area (Å²) >= 11 is 7.04. The Morgan fingerprint density at radius 2 is 2.04 bits per heavy atom. The molecule has 0 radical (unpaired) electrons. The van der Waals surface area contributed by atoms with Crippen LogP contribution in [0.25, 0.3) is 11.6 Å². The van der Waals surface area contributed by atoms with Gasteiger partial charge in [-0.2, -0.15) is 0 Å². The molecule has 0 amide bonds. The molecule has 1 fully saturated rings. The standard InChI is InChI=1S/C19H17Br2N3O3/c1-9-14(16(25)12-8-11(20)4-5-13(12)26-3)10(2)22-15(9)17-23-24-18(27-17)19(21)6-7-19/h4-5,8,22H,6-7H2,1-3H3. The Morgan fingerprint density at radius 1 is 1.30 bits per heavy atom. The van der Waals surface area contributed by atoms with Gasteiger partial charge in [-0.3, -0.25) is 4.79 Å². The van der Waals surface area contributed by atoms with Gasteiger partial charge in [0.2, 0.25) is 5.89 Å². The van der Waals surface area contributed by atoms with Gasteiger partial charge < -0.3 is 14.1 Å². The molecule has 1 N–H and O–H groups in total. The maximum Gasteiger partial charge on any atom is 0.264 e. The molecule has 1 saturated carbocycles. The van der Waals surface area contributed by atoms with E-state index in [9.17, 15) is 4.79 Å². The van der Waals surface area contributed by atoms with Gasteiger partial charge >= 0.3 is 0 Å². The molecule has 4 rings (SSSR count). The van der Waals surface area contributed by atoms with Crippen molar-refractivity contribution in [2.75, 3.05) is 7.11 Å². The fraction of sp³-hybridized carbons (Fsp3) is 0.316. The maximum absolute atomic E-state index is 13.2. The summed E-state index contributed by atoms with van der Waals surface area (Å²) in [6.45, 7) is 3.74. The topological polar surface area (TPSA) is 81.0 Å². The number of H-pyrrole nitrogens is 1. The molecular weight excluding hydrogens is 478 g/mol. The van der Waals surface area contributed by atoms with Gasteiger partial charge in [0.1, 0.15) is 15.8 Å². The van der Waals surface area contributed by atoms with E-state index in [0.29, 0.717) is 34.4 Å². The number of rotatable bonds is 5. The number of carbonyl (C=O) groups excluding carboxylic acids is 1. The van der Waals surface area contributed by atoms with Crippen LogP contribution in [0.1, 0.15) is 45.9 Å². The van der Waals surface area contributed by atoms with E-state index >= 15 is 0 Å². The van der Waals surface area contributed by atoms with Crippen molar-refractivity contribution in [1.82, 2.24) is 15.2 Å². The third kappa shape index (κ3) is 3.14. The monoisotopic (exact) mass is 493 g/mol. The molecule has 0 saturated heterocycles. The molecule has 27 heavy (non-hydrogen) atoms. The Hall–Kier alpha value is -1.93. The number of alkyl halides is 1. The van der Waals surface area contributed by atoms with E-state index in [1.54, 1.807) is 19.2 Å². The quantitative estimate of drug-likeness (QED) is 0.395. The van der Waals surface area contributed by atoms with E-state index in [4.69, 9.17) is 9.15 Å². The van der Waals surface area contributed by atoms with Gasteiger partial charge in [-0.15, -0.1) is 10.2 Å². The zero-order chi connectivity index (χ0) is 19.3. The Labute approximate surface area is 173 Å². The minimum absolute atomic E-state index is 0.121. The number of aromatic amines is 1. The van der Waals surface area contributed by atoms with Crippen LogP contribution >= 0.6 is 31.9 Å². The lowest BCUT2D eigenvalue weighted by atomic mass is 9.99. The van der Waals surface area contributed by atoms with Crippen molar-refractivity contribution in [2.45, 2.75) is 31.0 Å². The Bertz CT molecular complexity index is 1050. The first-order chi connectivity index (χ1) is 12.8. The van der Waals surface area contributed by atoms with Gasteiger partial charge in [-0.1, -0.05) is 31.9 Å². The number of carbonyl (C=O) groups is 1. The van der Waals surface area contributed by atoms with Gasteiger partial charge in [0, 0.05) is 15.7 Å². The first-order valence-corrected chi connectivity index (χ1v) is 10.0. The highest BCUT2D eigenvalue weighted by atomic mass is 79.9. The largest absolute Gasteiger partial charge is 0.496 e. The number of hydrogen-bond acceptors (Lipinski definition) is 5. The van der Waals surface area contributed by atoms with Crippen LogP contribution in [0, 0.1) is 13.8 Å². The zero-order valence-electron chi connectivity index (χ0n) is 15.0. The summed E-state index contributed by atoms with van der Waals surface area (Å²) in [4.78, 5) is 16.5. The number of ether oxygens (including phenoxy) is 1. The normalized spacial score (nSPS) is 15.0. The van der Waals surface area contributed by atoms with Crippen molar-refractivity contribution in [2.24, 2.45) is 0 Å². The molecule has 2 aromatic heterocycles. The van der Waals surface area contributed by atoms with Gasteiger partial charge in [0.05, 0.1) is 12.7 Å². The number of nitrogens with zero attached hydrogens (tertiary/aromatic N) is 2. The van der Waals surface area contributed by atoms with Crippen LogP contribution in [0.4, 0.5) is 0 Å². The Morgan fingerprint density at radius 3 is 2.70 bits per heavy atom. The van der Waals surface area contributed by atoms with Crippen molar-refractivity contribution < 1.29 is 13.9 Å². The highest BCUT2D eigenvalue weighted by molar-refractivity contribution is 9.10. The first kappa shape index (κ1) is 18.4. The van der Waals surface area contributed by atoms with Crippen molar-refractivity contribution in [3.05, 3.63) is 50.9 Å². The van der Waals surface area contributed by atoms with E-state index < -0.39 is 0 Å². The lowest BCUT2D eigenvalue weighted by molar-refractivity contribution is 0.103. The van der Waals surface area contributed by atoms with Crippen LogP contribution in [-0.4, -0.2) is 28.1 Å². The SMILES string of the molecule is COc1ccc(Br)cc1C(=O)c1c(C)[nH]c(-c2nnc(C3(Br)CC3)o2)c1C. The van der Waals surface area contributed by atoms with Crippen LogP contribution in [0.3, 0.4) is 0 Å². The van der Waals surface area contributed by atoms with E-state index in [1.807, 2.05) is 19.9 Å². The molecule has 0 spiro atoms. The maximum atomic E-state index is 13.2. The van der Waals surface area contributed by atoms with Crippen LogP contribution in [0.15, 0.2) is 27.1 Å². The second-order valence-electron chi connectivity index (χ2n) is 6.68. The molecule has 140 valence electrons. The third-order valence-corrected chi connectivity index (χ3v) is 6.41. The van der Waals surface area contributed by atoms with Gasteiger partial charge in [0.15, 0.2) is 5.78 Å². The molecular formula is C19H17Br2N3O3. The predicted molar refractivity (Wildman–Crippen MR) is 108 cm³/mol. The lowest BCUT2D eigenvalue weighted by Gasteiger charge is -2.09. The summed E-state index contributed by atoms with van der Waals surface area (Å²) in [6.07, 6.45) is 1.95. The molecule has 0 aliphatic heterocycles. The Balaban J connectivity index is 1.76. The number of aryl methyl sites for hydroxylation is 1. The molecule has 0 atom stereocenters. The van der Waals surface area contributed by atoms with Gasteiger partial charge in [-0.25, -0.2) is 0 Å². The fourth-order valence-corrected chi connectivity index (χ4v) is 3.85.